The highest BCUT2D eigenvalue weighted by atomic mass is 32.1. The minimum Gasteiger partial charge on any atom is -0.508 e. The number of fused-ring (bicyclic) bond motifs is 1. The number of phenolic OH excluding ortho intramolecular Hbond substituents is 1. The van der Waals surface area contributed by atoms with Gasteiger partial charge >= 0.3 is 0 Å². The Morgan fingerprint density at radius 2 is 1.79 bits per heavy atom. The van der Waals surface area contributed by atoms with E-state index in [1.54, 1.807) is 30.5 Å². The summed E-state index contributed by atoms with van der Waals surface area (Å²) in [7, 11) is 0. The molecular formula is C18H13N3O2S. The van der Waals surface area contributed by atoms with Crippen LogP contribution in [0.4, 0.5) is 16.5 Å². The number of aliphatic imine (C=N–C) groups is 1. The van der Waals surface area contributed by atoms with Gasteiger partial charge in [0.1, 0.15) is 5.75 Å². The van der Waals surface area contributed by atoms with Crippen molar-refractivity contribution < 1.29 is 10.2 Å². The molecule has 5 nitrogen and oxygen atoms in total. The molecule has 4 rings (SSSR count). The van der Waals surface area contributed by atoms with Gasteiger partial charge in [-0.05, 0) is 36.4 Å². The topological polar surface area (TPSA) is 77.7 Å². The molecule has 3 aromatic rings. The van der Waals surface area contributed by atoms with Crippen molar-refractivity contribution in [2.75, 3.05) is 5.32 Å². The molecule has 2 aromatic carbocycles. The largest absolute Gasteiger partial charge is 0.508 e. The lowest BCUT2D eigenvalue weighted by atomic mass is 10.1. The number of thiazole rings is 1. The molecule has 0 aliphatic carbocycles. The maximum atomic E-state index is 10.1. The molecule has 2 heterocycles. The first-order chi connectivity index (χ1) is 11.7. The average molecular weight is 335 g/mol. The van der Waals surface area contributed by atoms with E-state index in [4.69, 9.17) is 0 Å². The summed E-state index contributed by atoms with van der Waals surface area (Å²) in [6.45, 7) is 0. The van der Waals surface area contributed by atoms with Crippen molar-refractivity contribution >= 4 is 45.7 Å². The number of nitrogens with one attached hydrogen (secondary N) is 1. The first-order valence-electron chi connectivity index (χ1n) is 7.30. The van der Waals surface area contributed by atoms with E-state index in [2.05, 4.69) is 15.3 Å². The van der Waals surface area contributed by atoms with Crippen LogP contribution >= 0.6 is 11.3 Å². The fraction of sp³-hybridized carbons (Fsp3) is 0. The van der Waals surface area contributed by atoms with E-state index in [9.17, 15) is 10.2 Å². The highest BCUT2D eigenvalue weighted by molar-refractivity contribution is 7.16. The second-order valence-corrected chi connectivity index (χ2v) is 6.28. The summed E-state index contributed by atoms with van der Waals surface area (Å²) >= 11 is 1.35. The van der Waals surface area contributed by atoms with Crippen molar-refractivity contribution in [2.45, 2.75) is 0 Å². The maximum Gasteiger partial charge on any atom is 0.231 e. The fourth-order valence-corrected chi connectivity index (χ4v) is 3.27. The van der Waals surface area contributed by atoms with Gasteiger partial charge in [0.15, 0.2) is 5.13 Å². The van der Waals surface area contributed by atoms with Crippen molar-refractivity contribution in [2.24, 2.45) is 4.99 Å². The molecule has 0 unspecified atom stereocenters. The Kier molecular flexibility index (Phi) is 3.51. The van der Waals surface area contributed by atoms with Gasteiger partial charge in [-0.1, -0.05) is 29.5 Å². The highest BCUT2D eigenvalue weighted by Gasteiger charge is 2.14. The van der Waals surface area contributed by atoms with Crippen LogP contribution in [-0.2, 0) is 0 Å². The lowest BCUT2D eigenvalue weighted by Crippen LogP contribution is -1.87. The lowest BCUT2D eigenvalue weighted by Gasteiger charge is -2.01. The molecule has 6 heteroatoms. The minimum atomic E-state index is -0.0217. The molecule has 118 valence electrons. The van der Waals surface area contributed by atoms with Gasteiger partial charge in [-0.2, -0.15) is 4.98 Å². The Labute approximate surface area is 142 Å². The number of nitrogens with zero attached hydrogens (tertiary/aromatic N) is 2. The third kappa shape index (κ3) is 2.75. The van der Waals surface area contributed by atoms with Gasteiger partial charge in [-0.3, -0.25) is 4.99 Å². The predicted octanol–water partition coefficient (Wildman–Crippen LogP) is 4.55. The molecule has 0 radical (unpaired) electrons. The van der Waals surface area contributed by atoms with Crippen LogP contribution in [0.5, 0.6) is 11.6 Å². The Bertz CT molecular complexity index is 959. The normalized spacial score (nSPS) is 14.1. The molecule has 0 fully saturated rings. The zero-order chi connectivity index (χ0) is 16.5. The SMILES string of the molecule is Oc1ccc(Nc2nc(O)c(C=C3C=Nc4ccccc43)s2)cc1. The molecular weight excluding hydrogens is 322 g/mol. The summed E-state index contributed by atoms with van der Waals surface area (Å²) in [4.78, 5) is 9.16. The van der Waals surface area contributed by atoms with Gasteiger partial charge in [0.25, 0.3) is 0 Å². The highest BCUT2D eigenvalue weighted by Crippen LogP contribution is 2.37. The maximum absolute atomic E-state index is 10.1. The second kappa shape index (κ2) is 5.82. The summed E-state index contributed by atoms with van der Waals surface area (Å²) < 4.78 is 0. The zero-order valence-electron chi connectivity index (χ0n) is 12.5. The number of hydrogen-bond donors (Lipinski definition) is 3. The summed E-state index contributed by atoms with van der Waals surface area (Å²) in [5.74, 6) is 0.179. The number of allylic oxidation sites excluding steroid dienone is 1. The number of benzene rings is 2. The van der Waals surface area contributed by atoms with Crippen molar-refractivity contribution in [3.8, 4) is 11.6 Å². The van der Waals surface area contributed by atoms with Crippen molar-refractivity contribution in [3.63, 3.8) is 0 Å². The summed E-state index contributed by atoms with van der Waals surface area (Å²) in [5.41, 5.74) is 3.70. The van der Waals surface area contributed by atoms with Crippen LogP contribution in [0.2, 0.25) is 0 Å². The van der Waals surface area contributed by atoms with Crippen LogP contribution in [0.25, 0.3) is 11.6 Å². The van der Waals surface area contributed by atoms with Gasteiger partial charge in [0.05, 0.1) is 10.6 Å². The Morgan fingerprint density at radius 1 is 1.00 bits per heavy atom. The molecule has 1 aliphatic rings. The smallest absolute Gasteiger partial charge is 0.231 e. The van der Waals surface area contributed by atoms with Gasteiger partial charge in [-0.25, -0.2) is 0 Å². The first kappa shape index (κ1) is 14.5. The molecule has 0 spiro atoms. The van der Waals surface area contributed by atoms with Crippen LogP contribution in [0.15, 0.2) is 53.5 Å². The summed E-state index contributed by atoms with van der Waals surface area (Å²) in [6.07, 6.45) is 3.67. The van der Waals surface area contributed by atoms with E-state index >= 15 is 0 Å². The molecule has 0 saturated carbocycles. The van der Waals surface area contributed by atoms with E-state index in [0.29, 0.717) is 10.0 Å². The Balaban J connectivity index is 1.62. The molecule has 0 atom stereocenters. The van der Waals surface area contributed by atoms with E-state index in [1.165, 1.54) is 11.3 Å². The fourth-order valence-electron chi connectivity index (χ4n) is 2.43. The number of aromatic hydroxyl groups is 2. The molecule has 3 N–H and O–H groups in total. The number of phenols is 1. The molecule has 0 amide bonds. The molecule has 1 aromatic heterocycles. The first-order valence-corrected chi connectivity index (χ1v) is 8.12. The quantitative estimate of drug-likeness (QED) is 0.613. The van der Waals surface area contributed by atoms with E-state index < -0.39 is 0 Å². The van der Waals surface area contributed by atoms with Crippen LogP contribution in [0.1, 0.15) is 10.4 Å². The lowest BCUT2D eigenvalue weighted by molar-refractivity contribution is 0.457. The van der Waals surface area contributed by atoms with Gasteiger partial charge in [-0.15, -0.1) is 0 Å². The third-order valence-electron chi connectivity index (χ3n) is 3.60. The Morgan fingerprint density at radius 3 is 2.62 bits per heavy atom. The predicted molar refractivity (Wildman–Crippen MR) is 97.6 cm³/mol. The number of hydrogen-bond acceptors (Lipinski definition) is 6. The molecule has 0 bridgehead atoms. The minimum absolute atomic E-state index is 0.0217. The monoisotopic (exact) mass is 335 g/mol. The molecule has 1 aliphatic heterocycles. The van der Waals surface area contributed by atoms with Crippen molar-refractivity contribution in [1.82, 2.24) is 4.98 Å². The Hall–Kier alpha value is -3.12. The van der Waals surface area contributed by atoms with Crippen LogP contribution in [-0.4, -0.2) is 21.4 Å². The van der Waals surface area contributed by atoms with E-state index in [0.717, 1.165) is 22.5 Å². The van der Waals surface area contributed by atoms with Crippen LogP contribution in [0.3, 0.4) is 0 Å². The second-order valence-electron chi connectivity index (χ2n) is 5.25. The average Bonchev–Trinajstić information content (AvgIpc) is 3.14. The van der Waals surface area contributed by atoms with Crippen LogP contribution < -0.4 is 5.32 Å². The summed E-state index contributed by atoms with van der Waals surface area (Å²) in [5, 5.41) is 23.1. The zero-order valence-corrected chi connectivity index (χ0v) is 13.3. The van der Waals surface area contributed by atoms with E-state index in [1.807, 2.05) is 30.3 Å². The standard InChI is InChI=1S/C18H13N3O2S/c22-13-7-5-12(6-8-13)20-18-21-17(23)16(24-18)9-11-10-19-15-4-2-1-3-14(11)15/h1-10,22-23H,(H,20,21). The number of aromatic nitrogens is 1. The van der Waals surface area contributed by atoms with Gasteiger partial charge < -0.3 is 15.5 Å². The van der Waals surface area contributed by atoms with Gasteiger partial charge in [0, 0.05) is 23.0 Å². The third-order valence-corrected chi connectivity index (χ3v) is 4.50. The van der Waals surface area contributed by atoms with E-state index in [-0.39, 0.29) is 11.6 Å². The van der Waals surface area contributed by atoms with Crippen LogP contribution in [0, 0.1) is 0 Å². The molecule has 0 saturated heterocycles. The summed E-state index contributed by atoms with van der Waals surface area (Å²) in [6, 6.07) is 14.5. The van der Waals surface area contributed by atoms with Gasteiger partial charge in [0.2, 0.25) is 5.88 Å². The number of rotatable bonds is 3. The number of para-hydroxylation sites is 1. The van der Waals surface area contributed by atoms with Crippen molar-refractivity contribution in [1.29, 1.82) is 0 Å². The number of anilines is 2. The molecule has 24 heavy (non-hydrogen) atoms. The van der Waals surface area contributed by atoms with Crippen molar-refractivity contribution in [3.05, 3.63) is 59.0 Å².